The number of ether oxygens (including phenoxy) is 1. The second-order valence-electron chi connectivity index (χ2n) is 8.24. The van der Waals surface area contributed by atoms with E-state index < -0.39 is 5.60 Å². The molecule has 0 bridgehead atoms. The van der Waals surface area contributed by atoms with Crippen molar-refractivity contribution in [2.24, 2.45) is 5.92 Å². The van der Waals surface area contributed by atoms with Gasteiger partial charge in [0.25, 0.3) is 0 Å². The Kier molecular flexibility index (Phi) is 5.67. The number of hydrogen-bond donors (Lipinski definition) is 2. The number of nitrogens with one attached hydrogen (secondary N) is 1. The number of hydrogen-bond acceptors (Lipinski definition) is 3. The standard InChI is InChI=1S/C21H31NO2.ClH/c1-24-18-7-6-17-8-11-21(23)10-3-2-9-20(21,19(17)14-18)12-13-22-15-16-4-5-16;/h6-7,14,16,22-23H,2-5,8-13,15H2,1H3;1H/t20-,21+;/m0./s1. The highest BCUT2D eigenvalue weighted by molar-refractivity contribution is 5.85. The summed E-state index contributed by atoms with van der Waals surface area (Å²) in [6.45, 7) is 2.16. The Morgan fingerprint density at radius 3 is 2.76 bits per heavy atom. The van der Waals surface area contributed by atoms with Gasteiger partial charge in [-0.1, -0.05) is 18.9 Å². The Hall–Kier alpha value is -0.770. The zero-order valence-corrected chi connectivity index (χ0v) is 16.2. The summed E-state index contributed by atoms with van der Waals surface area (Å²) < 4.78 is 5.51. The average Bonchev–Trinajstić information content (AvgIpc) is 3.43. The van der Waals surface area contributed by atoms with Crippen LogP contribution in [0, 0.1) is 5.92 Å². The largest absolute Gasteiger partial charge is 0.497 e. The Labute approximate surface area is 157 Å². The van der Waals surface area contributed by atoms with Crippen molar-refractivity contribution in [2.45, 2.75) is 68.8 Å². The molecule has 25 heavy (non-hydrogen) atoms. The zero-order valence-electron chi connectivity index (χ0n) is 15.4. The van der Waals surface area contributed by atoms with Gasteiger partial charge in [0.1, 0.15) is 5.75 Å². The van der Waals surface area contributed by atoms with E-state index >= 15 is 0 Å². The summed E-state index contributed by atoms with van der Waals surface area (Å²) in [5, 5.41) is 15.3. The van der Waals surface area contributed by atoms with Gasteiger partial charge in [-0.2, -0.15) is 0 Å². The van der Waals surface area contributed by atoms with E-state index in [1.807, 2.05) is 0 Å². The molecule has 0 saturated heterocycles. The highest BCUT2D eigenvalue weighted by Crippen LogP contribution is 2.55. The molecule has 4 heteroatoms. The molecule has 2 saturated carbocycles. The molecule has 0 amide bonds. The van der Waals surface area contributed by atoms with E-state index in [0.29, 0.717) is 0 Å². The molecule has 0 unspecified atom stereocenters. The highest BCUT2D eigenvalue weighted by atomic mass is 35.5. The molecule has 140 valence electrons. The van der Waals surface area contributed by atoms with Crippen molar-refractivity contribution < 1.29 is 9.84 Å². The molecule has 3 nitrogen and oxygen atoms in total. The molecular formula is C21H32ClNO2. The van der Waals surface area contributed by atoms with Crippen molar-refractivity contribution in [3.63, 3.8) is 0 Å². The molecule has 2 atom stereocenters. The van der Waals surface area contributed by atoms with Crippen LogP contribution in [0.2, 0.25) is 0 Å². The Balaban J connectivity index is 0.00000182. The average molecular weight is 366 g/mol. The van der Waals surface area contributed by atoms with E-state index in [2.05, 4.69) is 23.5 Å². The van der Waals surface area contributed by atoms with Gasteiger partial charge in [-0.3, -0.25) is 0 Å². The molecule has 4 rings (SSSR count). The van der Waals surface area contributed by atoms with Crippen LogP contribution >= 0.6 is 12.4 Å². The Bertz CT molecular complexity index is 604. The minimum Gasteiger partial charge on any atom is -0.497 e. The van der Waals surface area contributed by atoms with Gasteiger partial charge in [0, 0.05) is 5.41 Å². The zero-order chi connectivity index (χ0) is 16.6. The number of benzene rings is 1. The summed E-state index contributed by atoms with van der Waals surface area (Å²) in [6, 6.07) is 6.51. The van der Waals surface area contributed by atoms with Crippen molar-refractivity contribution in [3.05, 3.63) is 29.3 Å². The van der Waals surface area contributed by atoms with Crippen molar-refractivity contribution in [2.75, 3.05) is 20.2 Å². The smallest absolute Gasteiger partial charge is 0.119 e. The van der Waals surface area contributed by atoms with Crippen LogP contribution in [0.25, 0.3) is 0 Å². The summed E-state index contributed by atoms with van der Waals surface area (Å²) in [7, 11) is 1.74. The minimum absolute atomic E-state index is 0. The lowest BCUT2D eigenvalue weighted by atomic mass is 9.53. The van der Waals surface area contributed by atoms with E-state index in [1.54, 1.807) is 7.11 Å². The number of halogens is 1. The third-order valence-electron chi connectivity index (χ3n) is 6.83. The number of fused-ring (bicyclic) bond motifs is 3. The highest BCUT2D eigenvalue weighted by Gasteiger charge is 2.54. The SMILES string of the molecule is COc1ccc2c(c1)[C@@]1(CCNCC3CC3)CCCC[C@@]1(O)CC2.Cl. The van der Waals surface area contributed by atoms with Gasteiger partial charge in [0.05, 0.1) is 12.7 Å². The van der Waals surface area contributed by atoms with E-state index in [0.717, 1.165) is 63.3 Å². The third-order valence-corrected chi connectivity index (χ3v) is 6.83. The molecule has 0 aromatic heterocycles. The predicted octanol–water partition coefficient (Wildman–Crippen LogP) is 4.00. The fourth-order valence-electron chi connectivity index (χ4n) is 5.18. The molecule has 0 aliphatic heterocycles. The second-order valence-corrected chi connectivity index (χ2v) is 8.24. The number of aliphatic hydroxyl groups is 1. The van der Waals surface area contributed by atoms with Crippen molar-refractivity contribution >= 4 is 12.4 Å². The van der Waals surface area contributed by atoms with Gasteiger partial charge in [-0.05, 0) is 87.2 Å². The normalized spacial score (nSPS) is 30.8. The summed E-state index contributed by atoms with van der Waals surface area (Å²) >= 11 is 0. The molecule has 3 aliphatic rings. The summed E-state index contributed by atoms with van der Waals surface area (Å²) in [4.78, 5) is 0. The van der Waals surface area contributed by atoms with Crippen LogP contribution in [0.15, 0.2) is 18.2 Å². The first-order valence-corrected chi connectivity index (χ1v) is 9.77. The molecule has 0 spiro atoms. The summed E-state index contributed by atoms with van der Waals surface area (Å²) in [5.41, 5.74) is 2.16. The van der Waals surface area contributed by atoms with E-state index in [1.165, 1.54) is 30.4 Å². The second kappa shape index (κ2) is 7.46. The Morgan fingerprint density at radius 2 is 2.00 bits per heavy atom. The van der Waals surface area contributed by atoms with Gasteiger partial charge in [0.2, 0.25) is 0 Å². The molecule has 3 aliphatic carbocycles. The van der Waals surface area contributed by atoms with Gasteiger partial charge in [0.15, 0.2) is 0 Å². The van der Waals surface area contributed by atoms with E-state index in [-0.39, 0.29) is 17.8 Å². The third kappa shape index (κ3) is 3.43. The summed E-state index contributed by atoms with van der Waals surface area (Å²) in [5.74, 6) is 1.83. The van der Waals surface area contributed by atoms with Crippen LogP contribution in [0.1, 0.15) is 62.5 Å². The van der Waals surface area contributed by atoms with Gasteiger partial charge >= 0.3 is 0 Å². The maximum absolute atomic E-state index is 11.6. The van der Waals surface area contributed by atoms with Crippen molar-refractivity contribution in [3.8, 4) is 5.75 Å². The number of aryl methyl sites for hydroxylation is 1. The molecular weight excluding hydrogens is 334 g/mol. The molecule has 1 aromatic rings. The van der Waals surface area contributed by atoms with Crippen LogP contribution in [0.4, 0.5) is 0 Å². The first-order chi connectivity index (χ1) is 11.7. The van der Waals surface area contributed by atoms with Crippen LogP contribution < -0.4 is 10.1 Å². The van der Waals surface area contributed by atoms with Gasteiger partial charge < -0.3 is 15.2 Å². The van der Waals surface area contributed by atoms with Gasteiger partial charge in [-0.25, -0.2) is 0 Å². The molecule has 1 aromatic carbocycles. The minimum atomic E-state index is -0.536. The number of rotatable bonds is 6. The maximum Gasteiger partial charge on any atom is 0.119 e. The van der Waals surface area contributed by atoms with Crippen molar-refractivity contribution in [1.82, 2.24) is 5.32 Å². The molecule has 0 radical (unpaired) electrons. The quantitative estimate of drug-likeness (QED) is 0.749. The monoisotopic (exact) mass is 365 g/mol. The lowest BCUT2D eigenvalue weighted by Gasteiger charge is -2.55. The molecule has 2 fully saturated rings. The lowest BCUT2D eigenvalue weighted by Crippen LogP contribution is -2.57. The molecule has 0 heterocycles. The van der Waals surface area contributed by atoms with Crippen LogP contribution in [0.5, 0.6) is 5.75 Å². The van der Waals surface area contributed by atoms with Crippen LogP contribution in [-0.2, 0) is 11.8 Å². The summed E-state index contributed by atoms with van der Waals surface area (Å²) in [6.07, 6.45) is 10.2. The fraction of sp³-hybridized carbons (Fsp3) is 0.714. The van der Waals surface area contributed by atoms with E-state index in [9.17, 15) is 5.11 Å². The lowest BCUT2D eigenvalue weighted by molar-refractivity contribution is -0.0869. The van der Waals surface area contributed by atoms with Gasteiger partial charge in [-0.15, -0.1) is 12.4 Å². The van der Waals surface area contributed by atoms with Crippen LogP contribution in [0.3, 0.4) is 0 Å². The topological polar surface area (TPSA) is 41.5 Å². The Morgan fingerprint density at radius 1 is 1.20 bits per heavy atom. The fourth-order valence-corrected chi connectivity index (χ4v) is 5.18. The van der Waals surface area contributed by atoms with Crippen LogP contribution in [-0.4, -0.2) is 30.9 Å². The number of methoxy groups -OCH3 is 1. The molecule has 2 N–H and O–H groups in total. The first kappa shape index (κ1) is 19.0. The van der Waals surface area contributed by atoms with Crippen molar-refractivity contribution in [1.29, 1.82) is 0 Å². The first-order valence-electron chi connectivity index (χ1n) is 9.77. The maximum atomic E-state index is 11.6. The predicted molar refractivity (Wildman–Crippen MR) is 104 cm³/mol. The van der Waals surface area contributed by atoms with E-state index in [4.69, 9.17) is 4.74 Å².